The van der Waals surface area contributed by atoms with Crippen LogP contribution >= 0.6 is 15.9 Å². The third-order valence-electron chi connectivity index (χ3n) is 1.77. The van der Waals surface area contributed by atoms with Crippen molar-refractivity contribution in [3.8, 4) is 0 Å². The predicted molar refractivity (Wildman–Crippen MR) is 64.1 cm³/mol. The molecule has 7 heteroatoms. The first-order valence-corrected chi connectivity index (χ1v) is 5.17. The van der Waals surface area contributed by atoms with Crippen LogP contribution in [0.1, 0.15) is 5.56 Å². The minimum absolute atomic E-state index is 0.174. The van der Waals surface area contributed by atoms with E-state index in [1.165, 1.54) is 0 Å². The third kappa shape index (κ3) is 2.57. The summed E-state index contributed by atoms with van der Waals surface area (Å²) in [6.45, 7) is 0. The molecule has 6 nitrogen and oxygen atoms in total. The molecule has 2 aromatic rings. The zero-order chi connectivity index (χ0) is 11.4. The quantitative estimate of drug-likeness (QED) is 0.662. The summed E-state index contributed by atoms with van der Waals surface area (Å²) in [4.78, 5) is 0. The van der Waals surface area contributed by atoms with Gasteiger partial charge < -0.3 is 5.73 Å². The third-order valence-corrected chi connectivity index (χ3v) is 2.30. The molecule has 0 radical (unpaired) electrons. The van der Waals surface area contributed by atoms with Crippen molar-refractivity contribution in [2.45, 2.75) is 0 Å². The number of nitrogen functional groups attached to an aromatic ring is 1. The topological polar surface area (TPSA) is 89.3 Å². The molecule has 0 saturated heterocycles. The molecule has 1 aromatic carbocycles. The van der Waals surface area contributed by atoms with Crippen LogP contribution in [0.3, 0.4) is 0 Å². The van der Waals surface area contributed by atoms with E-state index in [-0.39, 0.29) is 5.82 Å². The normalized spacial score (nSPS) is 10.8. The summed E-state index contributed by atoms with van der Waals surface area (Å²) < 4.78 is 5.41. The molecule has 82 valence electrons. The van der Waals surface area contributed by atoms with Gasteiger partial charge >= 0.3 is 0 Å². The van der Waals surface area contributed by atoms with Crippen molar-refractivity contribution < 1.29 is 4.63 Å². The van der Waals surface area contributed by atoms with Crippen LogP contribution in [-0.4, -0.2) is 16.5 Å². The van der Waals surface area contributed by atoms with Crippen LogP contribution in [0.2, 0.25) is 0 Å². The Morgan fingerprint density at radius 2 is 2.06 bits per heavy atom. The van der Waals surface area contributed by atoms with Crippen molar-refractivity contribution in [1.82, 2.24) is 10.3 Å². The molecule has 1 heterocycles. The zero-order valence-corrected chi connectivity index (χ0v) is 9.68. The summed E-state index contributed by atoms with van der Waals surface area (Å²) in [6, 6.07) is 7.68. The molecule has 0 unspecified atom stereocenters. The molecule has 0 aliphatic rings. The summed E-state index contributed by atoms with van der Waals surface area (Å²) >= 11 is 3.35. The molecule has 0 bridgehead atoms. The number of anilines is 2. The lowest BCUT2D eigenvalue weighted by Gasteiger charge is -1.94. The van der Waals surface area contributed by atoms with Crippen molar-refractivity contribution >= 4 is 33.8 Å². The van der Waals surface area contributed by atoms with Crippen LogP contribution < -0.4 is 11.2 Å². The minimum Gasteiger partial charge on any atom is -0.378 e. The van der Waals surface area contributed by atoms with Gasteiger partial charge in [-0.15, -0.1) is 0 Å². The molecular formula is C9H8BrN5O. The summed E-state index contributed by atoms with van der Waals surface area (Å²) in [5, 5.41) is 10.9. The number of rotatable bonds is 3. The maximum absolute atomic E-state index is 5.43. The van der Waals surface area contributed by atoms with Crippen molar-refractivity contribution in [3.05, 3.63) is 34.3 Å². The Kier molecular flexibility index (Phi) is 3.16. The lowest BCUT2D eigenvalue weighted by Crippen LogP contribution is -1.95. The number of hydrogen-bond donors (Lipinski definition) is 2. The monoisotopic (exact) mass is 281 g/mol. The summed E-state index contributed by atoms with van der Waals surface area (Å²) in [6.07, 6.45) is 1.64. The Morgan fingerprint density at radius 3 is 2.69 bits per heavy atom. The highest BCUT2D eigenvalue weighted by Crippen LogP contribution is 2.11. The van der Waals surface area contributed by atoms with Crippen molar-refractivity contribution in [2.24, 2.45) is 5.10 Å². The number of nitrogens with one attached hydrogen (secondary N) is 1. The van der Waals surface area contributed by atoms with Crippen molar-refractivity contribution in [2.75, 3.05) is 11.2 Å². The average molecular weight is 282 g/mol. The maximum Gasteiger partial charge on any atom is 0.235 e. The van der Waals surface area contributed by atoms with Crippen LogP contribution in [0.4, 0.5) is 11.6 Å². The molecule has 0 amide bonds. The SMILES string of the molecule is Nc1nonc1N/N=C/c1ccc(Br)cc1. The molecule has 0 atom stereocenters. The Hall–Kier alpha value is -1.89. The fraction of sp³-hybridized carbons (Fsp3) is 0. The van der Waals surface area contributed by atoms with E-state index in [1.54, 1.807) is 6.21 Å². The summed E-state index contributed by atoms with van der Waals surface area (Å²) in [7, 11) is 0. The first-order chi connectivity index (χ1) is 7.75. The van der Waals surface area contributed by atoms with E-state index in [2.05, 4.69) is 41.4 Å². The van der Waals surface area contributed by atoms with Gasteiger partial charge in [0.15, 0.2) is 0 Å². The lowest BCUT2D eigenvalue weighted by atomic mass is 10.2. The summed E-state index contributed by atoms with van der Waals surface area (Å²) in [5.41, 5.74) is 9.00. The van der Waals surface area contributed by atoms with Gasteiger partial charge in [0.05, 0.1) is 6.21 Å². The number of aromatic nitrogens is 2. The van der Waals surface area contributed by atoms with Crippen LogP contribution in [0.5, 0.6) is 0 Å². The van der Waals surface area contributed by atoms with Crippen LogP contribution in [0.15, 0.2) is 38.5 Å². The second-order valence-electron chi connectivity index (χ2n) is 2.92. The van der Waals surface area contributed by atoms with E-state index < -0.39 is 0 Å². The fourth-order valence-corrected chi connectivity index (χ4v) is 1.25. The Morgan fingerprint density at radius 1 is 1.31 bits per heavy atom. The van der Waals surface area contributed by atoms with Gasteiger partial charge in [0.2, 0.25) is 11.6 Å². The van der Waals surface area contributed by atoms with Crippen LogP contribution in [0, 0.1) is 0 Å². The maximum atomic E-state index is 5.43. The van der Waals surface area contributed by atoms with E-state index in [9.17, 15) is 0 Å². The number of benzene rings is 1. The average Bonchev–Trinajstić information content (AvgIpc) is 2.68. The van der Waals surface area contributed by atoms with Gasteiger partial charge in [-0.3, -0.25) is 5.43 Å². The second-order valence-corrected chi connectivity index (χ2v) is 3.84. The smallest absolute Gasteiger partial charge is 0.235 e. The zero-order valence-electron chi connectivity index (χ0n) is 8.09. The number of nitrogens with two attached hydrogens (primary N) is 1. The molecule has 3 N–H and O–H groups in total. The predicted octanol–water partition coefficient (Wildman–Crippen LogP) is 1.86. The lowest BCUT2D eigenvalue weighted by molar-refractivity contribution is 0.310. The highest BCUT2D eigenvalue weighted by molar-refractivity contribution is 9.10. The van der Waals surface area contributed by atoms with Gasteiger partial charge in [-0.25, -0.2) is 4.63 Å². The van der Waals surface area contributed by atoms with Crippen LogP contribution in [-0.2, 0) is 0 Å². The molecule has 2 rings (SSSR count). The van der Waals surface area contributed by atoms with E-state index >= 15 is 0 Å². The molecule has 0 fully saturated rings. The molecule has 0 aliphatic heterocycles. The van der Waals surface area contributed by atoms with Gasteiger partial charge in [-0.2, -0.15) is 5.10 Å². The minimum atomic E-state index is 0.174. The van der Waals surface area contributed by atoms with E-state index in [4.69, 9.17) is 5.73 Å². The van der Waals surface area contributed by atoms with E-state index in [0.717, 1.165) is 10.0 Å². The number of hydrogen-bond acceptors (Lipinski definition) is 6. The van der Waals surface area contributed by atoms with Gasteiger partial charge in [0.25, 0.3) is 0 Å². The molecule has 1 aromatic heterocycles. The Labute approximate surface area is 99.6 Å². The van der Waals surface area contributed by atoms with Crippen molar-refractivity contribution in [3.63, 3.8) is 0 Å². The van der Waals surface area contributed by atoms with Crippen LogP contribution in [0.25, 0.3) is 0 Å². The molecular weight excluding hydrogens is 274 g/mol. The molecule has 0 saturated carbocycles. The van der Waals surface area contributed by atoms with Gasteiger partial charge in [0, 0.05) is 4.47 Å². The largest absolute Gasteiger partial charge is 0.378 e. The first kappa shape index (κ1) is 10.6. The molecule has 0 spiro atoms. The number of halogens is 1. The molecule has 0 aliphatic carbocycles. The standard InChI is InChI=1S/C9H8BrN5O/c10-7-3-1-6(2-4-7)5-12-13-9-8(11)14-16-15-9/h1-5H,(H2,11,14)(H,13,15)/b12-5+. The highest BCUT2D eigenvalue weighted by atomic mass is 79.9. The Bertz CT molecular complexity index is 493. The number of hydrazone groups is 1. The van der Waals surface area contributed by atoms with E-state index in [0.29, 0.717) is 5.82 Å². The second kappa shape index (κ2) is 4.75. The highest BCUT2D eigenvalue weighted by Gasteiger charge is 2.02. The van der Waals surface area contributed by atoms with Crippen molar-refractivity contribution in [1.29, 1.82) is 0 Å². The summed E-state index contributed by atoms with van der Waals surface area (Å²) in [5.74, 6) is 0.473. The molecule has 16 heavy (non-hydrogen) atoms. The number of nitrogens with zero attached hydrogens (tertiary/aromatic N) is 3. The van der Waals surface area contributed by atoms with Gasteiger partial charge in [-0.05, 0) is 28.0 Å². The first-order valence-electron chi connectivity index (χ1n) is 4.38. The Balaban J connectivity index is 2.00. The fourth-order valence-electron chi connectivity index (χ4n) is 0.990. The van der Waals surface area contributed by atoms with E-state index in [1.807, 2.05) is 24.3 Å². The van der Waals surface area contributed by atoms with Gasteiger partial charge in [0.1, 0.15) is 0 Å². The van der Waals surface area contributed by atoms with Gasteiger partial charge in [-0.1, -0.05) is 28.1 Å².